The van der Waals surface area contributed by atoms with Crippen LogP contribution in [0, 0.1) is 0 Å². The molecule has 0 fully saturated rings. The van der Waals surface area contributed by atoms with Gasteiger partial charge in [-0.05, 0) is 23.8 Å². The van der Waals surface area contributed by atoms with E-state index in [2.05, 4.69) is 24.9 Å². The molecule has 1 N–H and O–H groups in total. The van der Waals surface area contributed by atoms with Crippen molar-refractivity contribution in [2.24, 2.45) is 0 Å². The number of fused-ring (bicyclic) bond motifs is 1. The van der Waals surface area contributed by atoms with Gasteiger partial charge in [0.25, 0.3) is 0 Å². The van der Waals surface area contributed by atoms with E-state index in [1.807, 2.05) is 12.1 Å². The second kappa shape index (κ2) is 4.34. The van der Waals surface area contributed by atoms with E-state index in [4.69, 9.17) is 9.84 Å². The fourth-order valence-corrected chi connectivity index (χ4v) is 2.41. The van der Waals surface area contributed by atoms with Crippen molar-refractivity contribution in [3.05, 3.63) is 47.8 Å². The van der Waals surface area contributed by atoms with E-state index in [-0.39, 0.29) is 11.0 Å². The van der Waals surface area contributed by atoms with Crippen LogP contribution in [0.15, 0.2) is 36.7 Å². The van der Waals surface area contributed by atoms with Gasteiger partial charge in [0.15, 0.2) is 0 Å². The minimum absolute atomic E-state index is 0.0246. The number of pyridine rings is 1. The molecule has 3 rings (SSSR count). The first-order valence-corrected chi connectivity index (χ1v) is 6.43. The molecular weight excluding hydrogens is 254 g/mol. The van der Waals surface area contributed by atoms with Crippen molar-refractivity contribution >= 4 is 5.97 Å². The lowest BCUT2D eigenvalue weighted by atomic mass is 9.85. The summed E-state index contributed by atoms with van der Waals surface area (Å²) in [6.45, 7) is 4.93. The Balaban J connectivity index is 2.08. The first-order chi connectivity index (χ1) is 9.47. The van der Waals surface area contributed by atoms with Gasteiger partial charge >= 0.3 is 5.97 Å². The molecule has 102 valence electrons. The molecule has 0 spiro atoms. The maximum atomic E-state index is 11.0. The van der Waals surface area contributed by atoms with Crippen molar-refractivity contribution in [1.29, 1.82) is 0 Å². The molecule has 20 heavy (non-hydrogen) atoms. The summed E-state index contributed by atoms with van der Waals surface area (Å²) in [7, 11) is 0. The Bertz CT molecular complexity index is 692. The maximum absolute atomic E-state index is 11.0. The smallest absolute Gasteiger partial charge is 0.337 e. The van der Waals surface area contributed by atoms with Crippen molar-refractivity contribution < 1.29 is 14.6 Å². The lowest BCUT2D eigenvalue weighted by Crippen LogP contribution is -2.18. The van der Waals surface area contributed by atoms with Gasteiger partial charge in [-0.2, -0.15) is 0 Å². The average molecular weight is 269 g/mol. The van der Waals surface area contributed by atoms with E-state index in [0.717, 1.165) is 22.4 Å². The van der Waals surface area contributed by atoms with Crippen molar-refractivity contribution in [3.63, 3.8) is 0 Å². The lowest BCUT2D eigenvalue weighted by molar-refractivity contribution is 0.0696. The molecule has 0 unspecified atom stereocenters. The van der Waals surface area contributed by atoms with Gasteiger partial charge < -0.3 is 9.84 Å². The monoisotopic (exact) mass is 269 g/mol. The molecule has 0 aliphatic carbocycles. The summed E-state index contributed by atoms with van der Waals surface area (Å²) >= 11 is 0. The molecule has 0 atom stereocenters. The average Bonchev–Trinajstić information content (AvgIpc) is 2.74. The van der Waals surface area contributed by atoms with Gasteiger partial charge in [-0.1, -0.05) is 19.9 Å². The highest BCUT2D eigenvalue weighted by Crippen LogP contribution is 2.40. The Kier molecular flexibility index (Phi) is 2.74. The summed E-state index contributed by atoms with van der Waals surface area (Å²) < 4.78 is 5.66. The van der Waals surface area contributed by atoms with E-state index in [1.54, 1.807) is 12.3 Å². The number of benzene rings is 1. The molecule has 0 bridgehead atoms. The topological polar surface area (TPSA) is 59.4 Å². The van der Waals surface area contributed by atoms with E-state index < -0.39 is 5.97 Å². The molecule has 0 saturated heterocycles. The van der Waals surface area contributed by atoms with Gasteiger partial charge in [-0.3, -0.25) is 4.98 Å². The van der Waals surface area contributed by atoms with E-state index in [9.17, 15) is 4.79 Å². The first kappa shape index (κ1) is 12.7. The maximum Gasteiger partial charge on any atom is 0.337 e. The molecule has 2 heterocycles. The van der Waals surface area contributed by atoms with E-state index in [0.29, 0.717) is 6.61 Å². The van der Waals surface area contributed by atoms with Crippen LogP contribution in [-0.2, 0) is 5.41 Å². The summed E-state index contributed by atoms with van der Waals surface area (Å²) in [5.41, 5.74) is 3.07. The Morgan fingerprint density at radius 3 is 2.80 bits per heavy atom. The van der Waals surface area contributed by atoms with Crippen LogP contribution in [0.5, 0.6) is 5.75 Å². The molecule has 1 aliphatic rings. The van der Waals surface area contributed by atoms with Gasteiger partial charge in [-0.15, -0.1) is 0 Å². The van der Waals surface area contributed by atoms with E-state index in [1.165, 1.54) is 6.20 Å². The summed E-state index contributed by atoms with van der Waals surface area (Å²) in [5, 5.41) is 9.03. The molecule has 4 heteroatoms. The summed E-state index contributed by atoms with van der Waals surface area (Å²) in [5.74, 6) is -0.0646. The third kappa shape index (κ3) is 2.03. The third-order valence-electron chi connectivity index (χ3n) is 3.62. The Labute approximate surface area is 117 Å². The van der Waals surface area contributed by atoms with Gasteiger partial charge in [0.1, 0.15) is 5.75 Å². The van der Waals surface area contributed by atoms with Crippen LogP contribution in [0.3, 0.4) is 0 Å². The highest BCUT2D eigenvalue weighted by molar-refractivity contribution is 5.88. The minimum atomic E-state index is -0.968. The van der Waals surface area contributed by atoms with Crippen LogP contribution >= 0.6 is 0 Å². The fraction of sp³-hybridized carbons (Fsp3) is 0.250. The van der Waals surface area contributed by atoms with Crippen LogP contribution in [0.2, 0.25) is 0 Å². The number of carboxylic acid groups (broad SMARTS) is 1. The number of hydrogen-bond acceptors (Lipinski definition) is 3. The van der Waals surface area contributed by atoms with Crippen molar-refractivity contribution in [2.75, 3.05) is 6.61 Å². The number of carbonyl (C=O) groups is 1. The fourth-order valence-electron chi connectivity index (χ4n) is 2.41. The quantitative estimate of drug-likeness (QED) is 0.910. The number of rotatable bonds is 2. The molecule has 1 aliphatic heterocycles. The number of ether oxygens (including phenoxy) is 1. The second-order valence-corrected chi connectivity index (χ2v) is 5.65. The number of hydrogen-bond donors (Lipinski definition) is 1. The Hall–Kier alpha value is -2.36. The molecule has 0 saturated carbocycles. The zero-order valence-corrected chi connectivity index (χ0v) is 11.4. The predicted octanol–water partition coefficient (Wildman–Crippen LogP) is 3.12. The molecule has 1 aromatic heterocycles. The van der Waals surface area contributed by atoms with Crippen LogP contribution < -0.4 is 4.74 Å². The van der Waals surface area contributed by atoms with Crippen molar-refractivity contribution in [2.45, 2.75) is 19.3 Å². The second-order valence-electron chi connectivity index (χ2n) is 5.65. The molecule has 0 radical (unpaired) electrons. The molecule has 0 amide bonds. The molecule has 1 aromatic carbocycles. The first-order valence-electron chi connectivity index (χ1n) is 6.43. The van der Waals surface area contributed by atoms with Crippen molar-refractivity contribution in [1.82, 2.24) is 4.98 Å². The van der Waals surface area contributed by atoms with E-state index >= 15 is 0 Å². The summed E-state index contributed by atoms with van der Waals surface area (Å²) in [6.07, 6.45) is 3.03. The number of aromatic carboxylic acids is 1. The minimum Gasteiger partial charge on any atom is -0.492 e. The lowest BCUT2D eigenvalue weighted by Gasteiger charge is -2.16. The van der Waals surface area contributed by atoms with Gasteiger partial charge in [0.05, 0.1) is 12.2 Å². The third-order valence-corrected chi connectivity index (χ3v) is 3.62. The van der Waals surface area contributed by atoms with Gasteiger partial charge in [0.2, 0.25) is 0 Å². The van der Waals surface area contributed by atoms with Gasteiger partial charge in [0, 0.05) is 28.9 Å². The van der Waals surface area contributed by atoms with Crippen molar-refractivity contribution in [3.8, 4) is 16.9 Å². The molecule has 2 aromatic rings. The highest BCUT2D eigenvalue weighted by atomic mass is 16.5. The number of nitrogens with zero attached hydrogens (tertiary/aromatic N) is 1. The molecule has 4 nitrogen and oxygen atoms in total. The van der Waals surface area contributed by atoms with Crippen LogP contribution in [0.25, 0.3) is 11.1 Å². The Morgan fingerprint density at radius 1 is 1.25 bits per heavy atom. The predicted molar refractivity (Wildman–Crippen MR) is 75.2 cm³/mol. The zero-order chi connectivity index (χ0) is 14.3. The largest absolute Gasteiger partial charge is 0.492 e. The van der Waals surface area contributed by atoms with Crippen LogP contribution in [0.4, 0.5) is 0 Å². The summed E-state index contributed by atoms with van der Waals surface area (Å²) in [6, 6.07) is 7.57. The number of aromatic nitrogens is 1. The number of carboxylic acids is 1. The zero-order valence-electron chi connectivity index (χ0n) is 11.4. The SMILES string of the molecule is CC1(C)COc2ccc(-c3cncc(C(=O)O)c3)cc21. The standard InChI is InChI=1S/C16H15NO3/c1-16(2)9-20-14-4-3-10(6-13(14)16)11-5-12(15(18)19)8-17-7-11/h3-8H,9H2,1-2H3,(H,18,19). The molecular formula is C16H15NO3. The van der Waals surface area contributed by atoms with Crippen LogP contribution in [0.1, 0.15) is 29.8 Å². The Morgan fingerprint density at radius 2 is 2.05 bits per heavy atom. The van der Waals surface area contributed by atoms with Gasteiger partial charge in [-0.25, -0.2) is 4.79 Å². The van der Waals surface area contributed by atoms with Crippen LogP contribution in [-0.4, -0.2) is 22.7 Å². The normalized spacial score (nSPS) is 15.5. The highest BCUT2D eigenvalue weighted by Gasteiger charge is 2.31. The summed E-state index contributed by atoms with van der Waals surface area (Å²) in [4.78, 5) is 15.0.